The molecule has 74 valence electrons. The van der Waals surface area contributed by atoms with Crippen LogP contribution in [0.2, 0.25) is 0 Å². The molecule has 2 nitrogen and oxygen atoms in total. The van der Waals surface area contributed by atoms with Crippen molar-refractivity contribution in [2.75, 3.05) is 19.6 Å². The zero-order valence-corrected chi connectivity index (χ0v) is 8.90. The number of pyridine rings is 1. The van der Waals surface area contributed by atoms with Crippen molar-refractivity contribution in [3.63, 3.8) is 0 Å². The highest BCUT2D eigenvalue weighted by Gasteiger charge is 1.89. The van der Waals surface area contributed by atoms with E-state index in [2.05, 4.69) is 30.7 Å². The van der Waals surface area contributed by atoms with Gasteiger partial charge in [0, 0.05) is 12.4 Å². The molecule has 0 amide bonds. The molecular weight excluding hydrogens is 160 g/mol. The lowest BCUT2D eigenvalue weighted by molar-refractivity contribution is 0.321. The van der Waals surface area contributed by atoms with Gasteiger partial charge in [0.15, 0.2) is 0 Å². The Bertz CT molecular complexity index is 138. The Morgan fingerprint density at radius 2 is 1.31 bits per heavy atom. The van der Waals surface area contributed by atoms with Crippen LogP contribution in [0.15, 0.2) is 30.6 Å². The SMILES string of the molecule is CCN(CC)CC.c1ccncc1. The van der Waals surface area contributed by atoms with Crippen molar-refractivity contribution in [1.29, 1.82) is 0 Å². The maximum absolute atomic E-state index is 3.78. The van der Waals surface area contributed by atoms with Crippen LogP contribution in [0.4, 0.5) is 0 Å². The fraction of sp³-hybridized carbons (Fsp3) is 0.545. The molecule has 0 aliphatic carbocycles. The lowest BCUT2D eigenvalue weighted by Gasteiger charge is -2.13. The van der Waals surface area contributed by atoms with Gasteiger partial charge < -0.3 is 4.90 Å². The summed E-state index contributed by atoms with van der Waals surface area (Å²) in [6.07, 6.45) is 3.50. The van der Waals surface area contributed by atoms with Gasteiger partial charge in [-0.15, -0.1) is 0 Å². The fourth-order valence-corrected chi connectivity index (χ4v) is 0.983. The summed E-state index contributed by atoms with van der Waals surface area (Å²) in [7, 11) is 0. The summed E-state index contributed by atoms with van der Waals surface area (Å²) >= 11 is 0. The summed E-state index contributed by atoms with van der Waals surface area (Å²) in [4.78, 5) is 6.16. The Kier molecular flexibility index (Phi) is 8.57. The number of nitrogens with zero attached hydrogens (tertiary/aromatic N) is 2. The average Bonchev–Trinajstić information content (AvgIpc) is 2.24. The molecular formula is C11H20N2. The zero-order valence-electron chi connectivity index (χ0n) is 8.90. The number of hydrogen-bond donors (Lipinski definition) is 0. The van der Waals surface area contributed by atoms with Crippen molar-refractivity contribution in [2.24, 2.45) is 0 Å². The third kappa shape index (κ3) is 7.47. The van der Waals surface area contributed by atoms with Crippen LogP contribution in [0, 0.1) is 0 Å². The fourth-order valence-electron chi connectivity index (χ4n) is 0.983. The highest BCUT2D eigenvalue weighted by molar-refractivity contribution is 4.88. The van der Waals surface area contributed by atoms with Gasteiger partial charge in [0.25, 0.3) is 0 Å². The summed E-state index contributed by atoms with van der Waals surface area (Å²) in [6.45, 7) is 10.1. The molecule has 0 spiro atoms. The molecule has 0 aliphatic rings. The second-order valence-electron chi connectivity index (χ2n) is 2.64. The zero-order chi connectivity index (χ0) is 9.94. The topological polar surface area (TPSA) is 16.1 Å². The Morgan fingerprint density at radius 3 is 1.38 bits per heavy atom. The lowest BCUT2D eigenvalue weighted by Crippen LogP contribution is -2.21. The second-order valence-corrected chi connectivity index (χ2v) is 2.64. The van der Waals surface area contributed by atoms with Crippen molar-refractivity contribution in [1.82, 2.24) is 9.88 Å². The highest BCUT2D eigenvalue weighted by Crippen LogP contribution is 1.81. The van der Waals surface area contributed by atoms with Gasteiger partial charge in [-0.05, 0) is 31.8 Å². The summed E-state index contributed by atoms with van der Waals surface area (Å²) in [5.41, 5.74) is 0. The van der Waals surface area contributed by atoms with Crippen LogP contribution in [0.1, 0.15) is 20.8 Å². The molecule has 0 aromatic carbocycles. The van der Waals surface area contributed by atoms with E-state index in [9.17, 15) is 0 Å². The largest absolute Gasteiger partial charge is 0.304 e. The molecule has 13 heavy (non-hydrogen) atoms. The molecule has 0 saturated heterocycles. The first-order valence-corrected chi connectivity index (χ1v) is 4.92. The van der Waals surface area contributed by atoms with E-state index in [1.165, 1.54) is 19.6 Å². The minimum absolute atomic E-state index is 1.19. The normalized spacial score (nSPS) is 9.23. The van der Waals surface area contributed by atoms with Crippen LogP contribution < -0.4 is 0 Å². The van der Waals surface area contributed by atoms with Crippen molar-refractivity contribution in [3.8, 4) is 0 Å². The van der Waals surface area contributed by atoms with Gasteiger partial charge in [-0.3, -0.25) is 4.98 Å². The van der Waals surface area contributed by atoms with E-state index < -0.39 is 0 Å². The molecule has 0 N–H and O–H groups in total. The molecule has 0 radical (unpaired) electrons. The summed E-state index contributed by atoms with van der Waals surface area (Å²) in [5, 5.41) is 0. The first kappa shape index (κ1) is 12.1. The average molecular weight is 180 g/mol. The minimum Gasteiger partial charge on any atom is -0.304 e. The van der Waals surface area contributed by atoms with E-state index in [0.29, 0.717) is 0 Å². The van der Waals surface area contributed by atoms with Crippen LogP contribution in [-0.4, -0.2) is 29.5 Å². The van der Waals surface area contributed by atoms with Crippen LogP contribution in [0.3, 0.4) is 0 Å². The number of rotatable bonds is 3. The van der Waals surface area contributed by atoms with E-state index in [1.807, 2.05) is 18.2 Å². The number of aromatic nitrogens is 1. The van der Waals surface area contributed by atoms with E-state index in [1.54, 1.807) is 12.4 Å². The Hall–Kier alpha value is -0.890. The first-order valence-electron chi connectivity index (χ1n) is 4.92. The molecule has 0 unspecified atom stereocenters. The molecule has 1 rings (SSSR count). The molecule has 2 heteroatoms. The standard InChI is InChI=1S/C6H15N.C5H5N/c1-4-7(5-2)6-3;1-2-4-6-5-3-1/h4-6H2,1-3H3;1-5H. The van der Waals surface area contributed by atoms with Crippen molar-refractivity contribution < 1.29 is 0 Å². The van der Waals surface area contributed by atoms with Gasteiger partial charge in [0.2, 0.25) is 0 Å². The smallest absolute Gasteiger partial charge is 0.0267 e. The van der Waals surface area contributed by atoms with Crippen molar-refractivity contribution in [3.05, 3.63) is 30.6 Å². The summed E-state index contributed by atoms with van der Waals surface area (Å²) < 4.78 is 0. The van der Waals surface area contributed by atoms with Crippen molar-refractivity contribution >= 4 is 0 Å². The van der Waals surface area contributed by atoms with E-state index in [0.717, 1.165) is 0 Å². The van der Waals surface area contributed by atoms with Gasteiger partial charge in [0.1, 0.15) is 0 Å². The van der Waals surface area contributed by atoms with E-state index in [-0.39, 0.29) is 0 Å². The van der Waals surface area contributed by atoms with Crippen molar-refractivity contribution in [2.45, 2.75) is 20.8 Å². The van der Waals surface area contributed by atoms with E-state index in [4.69, 9.17) is 0 Å². The minimum atomic E-state index is 1.19. The molecule has 1 heterocycles. The van der Waals surface area contributed by atoms with Gasteiger partial charge >= 0.3 is 0 Å². The predicted molar refractivity (Wildman–Crippen MR) is 57.7 cm³/mol. The second kappa shape index (κ2) is 9.20. The molecule has 0 fully saturated rings. The Labute approximate surface area is 81.6 Å². The Balaban J connectivity index is 0.000000223. The maximum atomic E-state index is 3.78. The van der Waals surface area contributed by atoms with E-state index >= 15 is 0 Å². The lowest BCUT2D eigenvalue weighted by atomic mass is 10.5. The maximum Gasteiger partial charge on any atom is 0.0267 e. The van der Waals surface area contributed by atoms with Crippen LogP contribution in [0.25, 0.3) is 0 Å². The van der Waals surface area contributed by atoms with Gasteiger partial charge in [-0.25, -0.2) is 0 Å². The molecule has 0 bridgehead atoms. The molecule has 1 aromatic heterocycles. The summed E-state index contributed by atoms with van der Waals surface area (Å²) in [6, 6.07) is 5.72. The predicted octanol–water partition coefficient (Wildman–Crippen LogP) is 2.43. The van der Waals surface area contributed by atoms with Gasteiger partial charge in [-0.2, -0.15) is 0 Å². The molecule has 0 aliphatic heterocycles. The molecule has 0 saturated carbocycles. The quantitative estimate of drug-likeness (QED) is 0.710. The van der Waals surface area contributed by atoms with Crippen LogP contribution in [-0.2, 0) is 0 Å². The van der Waals surface area contributed by atoms with Crippen LogP contribution >= 0.6 is 0 Å². The Morgan fingerprint density at radius 1 is 0.846 bits per heavy atom. The van der Waals surface area contributed by atoms with Crippen LogP contribution in [0.5, 0.6) is 0 Å². The first-order chi connectivity index (χ1) is 6.35. The third-order valence-corrected chi connectivity index (χ3v) is 1.91. The van der Waals surface area contributed by atoms with Gasteiger partial charge in [0.05, 0.1) is 0 Å². The van der Waals surface area contributed by atoms with Gasteiger partial charge in [-0.1, -0.05) is 26.8 Å². The highest BCUT2D eigenvalue weighted by atomic mass is 15.1. The molecule has 0 atom stereocenters. The summed E-state index contributed by atoms with van der Waals surface area (Å²) in [5.74, 6) is 0. The molecule has 1 aromatic rings. The number of hydrogen-bond acceptors (Lipinski definition) is 2. The third-order valence-electron chi connectivity index (χ3n) is 1.91. The monoisotopic (exact) mass is 180 g/mol.